The number of pyridine rings is 1. The second-order valence-electron chi connectivity index (χ2n) is 10.1. The van der Waals surface area contributed by atoms with Gasteiger partial charge in [-0.15, -0.1) is 0 Å². The molecule has 6 rings (SSSR count). The first kappa shape index (κ1) is 25.4. The summed E-state index contributed by atoms with van der Waals surface area (Å²) in [5.74, 6) is 0.431. The van der Waals surface area contributed by atoms with Crippen molar-refractivity contribution >= 4 is 28.9 Å². The molecule has 1 aliphatic carbocycles. The molecule has 3 aliphatic rings. The number of H-pyrrole nitrogens is 1. The topological polar surface area (TPSA) is 128 Å². The molecule has 2 aromatic heterocycles. The minimum atomic E-state index is -0.637. The van der Waals surface area contributed by atoms with Crippen molar-refractivity contribution in [1.82, 2.24) is 20.3 Å². The van der Waals surface area contributed by atoms with Gasteiger partial charge < -0.3 is 29.4 Å². The molecule has 0 bridgehead atoms. The fourth-order valence-corrected chi connectivity index (χ4v) is 5.86. The number of ether oxygens (including phenoxy) is 4. The van der Waals surface area contributed by atoms with Gasteiger partial charge in [-0.3, -0.25) is 4.98 Å². The molecular formula is C27H31ClN4O6. The van der Waals surface area contributed by atoms with Crippen molar-refractivity contribution in [1.29, 1.82) is 0 Å². The number of aliphatic hydroxyl groups is 1. The van der Waals surface area contributed by atoms with Gasteiger partial charge in [-0.25, -0.2) is 9.78 Å². The van der Waals surface area contributed by atoms with Crippen LogP contribution in [0.3, 0.4) is 0 Å². The van der Waals surface area contributed by atoms with Crippen LogP contribution in [0.15, 0.2) is 30.3 Å². The summed E-state index contributed by atoms with van der Waals surface area (Å²) < 4.78 is 22.7. The van der Waals surface area contributed by atoms with Gasteiger partial charge in [0, 0.05) is 12.1 Å². The molecule has 1 aromatic carbocycles. The van der Waals surface area contributed by atoms with E-state index < -0.39 is 6.10 Å². The third-order valence-corrected chi connectivity index (χ3v) is 7.86. The summed E-state index contributed by atoms with van der Waals surface area (Å²) in [6.45, 7) is 3.00. The minimum Gasteiger partial charge on any atom is -0.456 e. The maximum Gasteiger partial charge on any atom is 0.407 e. The number of amides is 1. The highest BCUT2D eigenvalue weighted by atomic mass is 35.5. The summed E-state index contributed by atoms with van der Waals surface area (Å²) in [6, 6.07) is 10.4. The number of aliphatic hydroxyl groups excluding tert-OH is 1. The lowest BCUT2D eigenvalue weighted by molar-refractivity contribution is 0.00706. The Balaban J connectivity index is 1.12. The van der Waals surface area contributed by atoms with Crippen molar-refractivity contribution in [3.8, 4) is 17.3 Å². The molecular weight excluding hydrogens is 512 g/mol. The zero-order chi connectivity index (χ0) is 26.2. The van der Waals surface area contributed by atoms with E-state index in [1.807, 2.05) is 19.1 Å². The second kappa shape index (κ2) is 10.7. The molecule has 4 atom stereocenters. The quantitative estimate of drug-likeness (QED) is 0.427. The van der Waals surface area contributed by atoms with Crippen LogP contribution in [0, 0.1) is 0 Å². The highest BCUT2D eigenvalue weighted by Crippen LogP contribution is 2.36. The number of carbonyl (C=O) groups excluding carboxylic acids is 1. The number of halogens is 1. The zero-order valence-corrected chi connectivity index (χ0v) is 21.8. The van der Waals surface area contributed by atoms with Gasteiger partial charge in [-0.2, -0.15) is 4.98 Å². The summed E-state index contributed by atoms with van der Waals surface area (Å²) in [4.78, 5) is 24.0. The summed E-state index contributed by atoms with van der Waals surface area (Å²) in [7, 11) is 0. The van der Waals surface area contributed by atoms with Crippen molar-refractivity contribution in [2.75, 3.05) is 19.8 Å². The summed E-state index contributed by atoms with van der Waals surface area (Å²) in [5, 5.41) is 13.1. The van der Waals surface area contributed by atoms with Crippen molar-refractivity contribution in [3.63, 3.8) is 0 Å². The average molecular weight is 543 g/mol. The van der Waals surface area contributed by atoms with Crippen molar-refractivity contribution in [3.05, 3.63) is 40.9 Å². The van der Waals surface area contributed by atoms with Gasteiger partial charge in [0.05, 0.1) is 23.9 Å². The number of aromatic nitrogens is 3. The zero-order valence-electron chi connectivity index (χ0n) is 21.1. The number of benzene rings is 1. The standard InChI is InChI=1S/C27H31ClN4O6/c1-2-29-27(34)37-17-9-7-15(8-10-17)14-3-5-16(6-4-14)22-18(28)11-19-25(31-22)32-26(30-19)38-21-13-36-23-20(33)12-35-24(21)23/h3-6,11,15,17,20-21,23-24,33H,2,7-10,12-13H2,1H3,(H,29,34)(H,30,31,32)/t15-,17+,20-,21-,23-,24-/m1/s1. The van der Waals surface area contributed by atoms with Crippen molar-refractivity contribution in [2.45, 2.75) is 69.0 Å². The van der Waals surface area contributed by atoms with Gasteiger partial charge in [0.25, 0.3) is 6.01 Å². The molecule has 3 aromatic rings. The molecule has 11 heteroatoms. The molecule has 202 valence electrons. The monoisotopic (exact) mass is 542 g/mol. The van der Waals surface area contributed by atoms with Crippen LogP contribution in [0.2, 0.25) is 5.02 Å². The molecule has 38 heavy (non-hydrogen) atoms. The molecule has 0 unspecified atom stereocenters. The fourth-order valence-electron chi connectivity index (χ4n) is 5.61. The van der Waals surface area contributed by atoms with E-state index in [1.165, 1.54) is 5.56 Å². The number of fused-ring (bicyclic) bond motifs is 2. The predicted octanol–water partition coefficient (Wildman–Crippen LogP) is 3.96. The Labute approximate surface area is 225 Å². The van der Waals surface area contributed by atoms with Crippen molar-refractivity contribution < 1.29 is 28.8 Å². The fraction of sp³-hybridized carbons (Fsp3) is 0.519. The van der Waals surface area contributed by atoms with E-state index in [0.29, 0.717) is 47.0 Å². The van der Waals surface area contributed by atoms with Crippen LogP contribution in [-0.2, 0) is 14.2 Å². The molecule has 0 radical (unpaired) electrons. The third-order valence-electron chi connectivity index (χ3n) is 7.57. The van der Waals surface area contributed by atoms with E-state index in [1.54, 1.807) is 6.07 Å². The molecule has 2 saturated heterocycles. The molecule has 1 saturated carbocycles. The molecule has 2 aliphatic heterocycles. The first-order valence-corrected chi connectivity index (χ1v) is 13.5. The number of alkyl carbamates (subject to hydrolysis) is 1. The van der Waals surface area contributed by atoms with Gasteiger partial charge in [-0.1, -0.05) is 35.9 Å². The van der Waals surface area contributed by atoms with Crippen LogP contribution in [0.25, 0.3) is 22.4 Å². The number of nitrogens with one attached hydrogen (secondary N) is 2. The maximum atomic E-state index is 11.7. The van der Waals surface area contributed by atoms with E-state index in [0.717, 1.165) is 31.2 Å². The molecule has 3 N–H and O–H groups in total. The van der Waals surface area contributed by atoms with E-state index in [-0.39, 0.29) is 37.1 Å². The SMILES string of the molecule is CCNC(=O)O[C@H]1CC[C@@H](c2ccc(-c3nc4[nH]c(O[C@@H]5CO[C@H]6[C@@H]5OC[C@H]6O)nc4cc3Cl)cc2)CC1. The normalized spacial score (nSPS) is 28.8. The molecule has 10 nitrogen and oxygen atoms in total. The van der Waals surface area contributed by atoms with E-state index in [4.69, 9.17) is 35.5 Å². The van der Waals surface area contributed by atoms with Crippen LogP contribution in [0.4, 0.5) is 4.79 Å². The van der Waals surface area contributed by atoms with Gasteiger partial charge in [0.1, 0.15) is 29.9 Å². The lowest BCUT2D eigenvalue weighted by Crippen LogP contribution is -2.34. The van der Waals surface area contributed by atoms with E-state index in [9.17, 15) is 9.90 Å². The van der Waals surface area contributed by atoms with Crippen LogP contribution in [0.5, 0.6) is 6.01 Å². The molecule has 1 amide bonds. The smallest absolute Gasteiger partial charge is 0.407 e. The highest BCUT2D eigenvalue weighted by molar-refractivity contribution is 6.33. The van der Waals surface area contributed by atoms with E-state index in [2.05, 4.69) is 27.4 Å². The van der Waals surface area contributed by atoms with Gasteiger partial charge >= 0.3 is 6.09 Å². The largest absolute Gasteiger partial charge is 0.456 e. The van der Waals surface area contributed by atoms with Crippen molar-refractivity contribution in [2.24, 2.45) is 0 Å². The Hall–Kier alpha value is -2.92. The third kappa shape index (κ3) is 5.05. The Bertz CT molecular complexity index is 1290. The van der Waals surface area contributed by atoms with Gasteiger partial charge in [-0.05, 0) is 50.2 Å². The van der Waals surface area contributed by atoms with Crippen LogP contribution < -0.4 is 10.1 Å². The highest BCUT2D eigenvalue weighted by Gasteiger charge is 2.48. The number of nitrogens with zero attached hydrogens (tertiary/aromatic N) is 2. The molecule has 0 spiro atoms. The lowest BCUT2D eigenvalue weighted by Gasteiger charge is -2.28. The number of rotatable bonds is 6. The molecule has 4 heterocycles. The first-order valence-electron chi connectivity index (χ1n) is 13.2. The number of hydrogen-bond donors (Lipinski definition) is 3. The summed E-state index contributed by atoms with van der Waals surface area (Å²) in [5.41, 5.74) is 3.99. The summed E-state index contributed by atoms with van der Waals surface area (Å²) >= 11 is 6.60. The Morgan fingerprint density at radius 3 is 2.66 bits per heavy atom. The number of hydrogen-bond acceptors (Lipinski definition) is 8. The second-order valence-corrected chi connectivity index (χ2v) is 10.5. The average Bonchev–Trinajstić information content (AvgIpc) is 3.61. The van der Waals surface area contributed by atoms with Gasteiger partial charge in [0.2, 0.25) is 0 Å². The number of imidazole rings is 1. The Kier molecular flexibility index (Phi) is 7.13. The minimum absolute atomic E-state index is 0.0185. The van der Waals surface area contributed by atoms with E-state index >= 15 is 0 Å². The number of aromatic amines is 1. The lowest BCUT2D eigenvalue weighted by atomic mass is 9.82. The number of carbonyl (C=O) groups is 1. The predicted molar refractivity (Wildman–Crippen MR) is 139 cm³/mol. The van der Waals surface area contributed by atoms with Gasteiger partial charge in [0.15, 0.2) is 11.8 Å². The maximum absolute atomic E-state index is 11.7. The Morgan fingerprint density at radius 1 is 1.13 bits per heavy atom. The van der Waals surface area contributed by atoms with Crippen LogP contribution in [-0.4, -0.2) is 76.4 Å². The van der Waals surface area contributed by atoms with Crippen LogP contribution >= 0.6 is 11.6 Å². The Morgan fingerprint density at radius 2 is 1.89 bits per heavy atom. The molecule has 3 fully saturated rings. The first-order chi connectivity index (χ1) is 18.5. The summed E-state index contributed by atoms with van der Waals surface area (Å²) in [6.07, 6.45) is 1.62. The van der Waals surface area contributed by atoms with Crippen LogP contribution in [0.1, 0.15) is 44.1 Å².